The van der Waals surface area contributed by atoms with E-state index in [4.69, 9.17) is 0 Å². The van der Waals surface area contributed by atoms with Crippen molar-refractivity contribution in [3.05, 3.63) is 29.6 Å². The summed E-state index contributed by atoms with van der Waals surface area (Å²) < 4.78 is 1.41. The predicted molar refractivity (Wildman–Crippen MR) is 76.6 cm³/mol. The first kappa shape index (κ1) is 11.3. The van der Waals surface area contributed by atoms with Gasteiger partial charge in [-0.3, -0.25) is 0 Å². The average Bonchev–Trinajstić information content (AvgIpc) is 2.61. The molecule has 2 fully saturated rings. The standard InChI is InChI=1S/C13H14N2S.ClH/c1-2-11(10-4-5-16-12(10)3-1)15-8-13(9-15)6-14-7-13;/h1-5,14H,6-9H2;1H. The minimum absolute atomic E-state index is 0. The highest BCUT2D eigenvalue weighted by atomic mass is 35.5. The van der Waals surface area contributed by atoms with Gasteiger partial charge in [-0.15, -0.1) is 23.7 Å². The molecule has 2 nitrogen and oxygen atoms in total. The molecular formula is C13H15ClN2S. The minimum atomic E-state index is 0. The van der Waals surface area contributed by atoms with Crippen LogP contribution in [0.3, 0.4) is 0 Å². The Morgan fingerprint density at radius 1 is 1.18 bits per heavy atom. The number of nitrogens with one attached hydrogen (secondary N) is 1. The van der Waals surface area contributed by atoms with Crippen LogP contribution in [0.2, 0.25) is 0 Å². The Morgan fingerprint density at radius 3 is 2.71 bits per heavy atom. The van der Waals surface area contributed by atoms with Crippen molar-refractivity contribution < 1.29 is 0 Å². The molecule has 4 rings (SSSR count). The summed E-state index contributed by atoms with van der Waals surface area (Å²) in [6.07, 6.45) is 0. The maximum atomic E-state index is 3.38. The minimum Gasteiger partial charge on any atom is -0.370 e. The van der Waals surface area contributed by atoms with E-state index in [2.05, 4.69) is 39.9 Å². The number of benzene rings is 1. The summed E-state index contributed by atoms with van der Waals surface area (Å²) >= 11 is 1.83. The number of fused-ring (bicyclic) bond motifs is 1. The molecule has 2 aliphatic rings. The summed E-state index contributed by atoms with van der Waals surface area (Å²) in [5.74, 6) is 0. The van der Waals surface area contributed by atoms with Gasteiger partial charge in [0.15, 0.2) is 0 Å². The second-order valence-corrected chi connectivity index (χ2v) is 6.02. The number of halogens is 1. The van der Waals surface area contributed by atoms with Crippen LogP contribution in [0.25, 0.3) is 10.1 Å². The molecule has 0 unspecified atom stereocenters. The van der Waals surface area contributed by atoms with Crippen LogP contribution < -0.4 is 10.2 Å². The van der Waals surface area contributed by atoms with Crippen molar-refractivity contribution in [2.24, 2.45) is 5.41 Å². The quantitative estimate of drug-likeness (QED) is 0.854. The molecule has 1 aromatic heterocycles. The first-order chi connectivity index (χ1) is 7.86. The van der Waals surface area contributed by atoms with Crippen molar-refractivity contribution in [1.29, 1.82) is 0 Å². The molecule has 0 bridgehead atoms. The Kier molecular flexibility index (Phi) is 2.58. The SMILES string of the molecule is Cl.c1cc(N2CC3(CNC3)C2)c2ccsc2c1. The summed E-state index contributed by atoms with van der Waals surface area (Å²) in [6.45, 7) is 4.89. The average molecular weight is 267 g/mol. The molecule has 2 saturated heterocycles. The highest BCUT2D eigenvalue weighted by Crippen LogP contribution is 2.40. The summed E-state index contributed by atoms with van der Waals surface area (Å²) in [5.41, 5.74) is 2.04. The number of nitrogens with zero attached hydrogens (tertiary/aromatic N) is 1. The Labute approximate surface area is 111 Å². The largest absolute Gasteiger partial charge is 0.370 e. The van der Waals surface area contributed by atoms with Gasteiger partial charge in [-0.25, -0.2) is 0 Å². The van der Waals surface area contributed by atoms with Crippen LogP contribution in [-0.2, 0) is 0 Å². The first-order valence-electron chi connectivity index (χ1n) is 5.78. The third-order valence-electron chi connectivity index (χ3n) is 3.87. The molecule has 0 aliphatic carbocycles. The highest BCUT2D eigenvalue weighted by Gasteiger charge is 2.47. The molecule has 0 saturated carbocycles. The molecule has 0 amide bonds. The summed E-state index contributed by atoms with van der Waals surface area (Å²) in [6, 6.07) is 8.90. The van der Waals surface area contributed by atoms with E-state index in [9.17, 15) is 0 Å². The third-order valence-corrected chi connectivity index (χ3v) is 4.75. The van der Waals surface area contributed by atoms with Crippen LogP contribution in [-0.4, -0.2) is 26.2 Å². The number of anilines is 1. The molecular weight excluding hydrogens is 252 g/mol. The summed E-state index contributed by atoms with van der Waals surface area (Å²) in [7, 11) is 0. The number of hydrogen-bond acceptors (Lipinski definition) is 3. The second-order valence-electron chi connectivity index (χ2n) is 5.07. The molecule has 2 aliphatic heterocycles. The maximum absolute atomic E-state index is 3.38. The lowest BCUT2D eigenvalue weighted by Crippen LogP contribution is -2.71. The van der Waals surface area contributed by atoms with Gasteiger partial charge in [0.1, 0.15) is 0 Å². The van der Waals surface area contributed by atoms with E-state index in [1.54, 1.807) is 0 Å². The molecule has 0 atom stereocenters. The molecule has 2 aromatic rings. The predicted octanol–water partition coefficient (Wildman–Crippen LogP) is 2.73. The normalized spacial score (nSPS) is 20.8. The Balaban J connectivity index is 0.000000902. The second kappa shape index (κ2) is 3.87. The van der Waals surface area contributed by atoms with Gasteiger partial charge in [-0.05, 0) is 23.6 Å². The highest BCUT2D eigenvalue weighted by molar-refractivity contribution is 7.17. The Bertz CT molecular complexity index is 539. The zero-order valence-electron chi connectivity index (χ0n) is 9.48. The van der Waals surface area contributed by atoms with E-state index in [-0.39, 0.29) is 12.4 Å². The van der Waals surface area contributed by atoms with Crippen molar-refractivity contribution in [2.75, 3.05) is 31.1 Å². The Hall–Kier alpha value is -0.770. The molecule has 4 heteroatoms. The van der Waals surface area contributed by atoms with Gasteiger partial charge < -0.3 is 10.2 Å². The first-order valence-corrected chi connectivity index (χ1v) is 6.66. The van der Waals surface area contributed by atoms with E-state index in [1.165, 1.54) is 42.0 Å². The molecule has 17 heavy (non-hydrogen) atoms. The fourth-order valence-corrected chi connectivity index (χ4v) is 3.70. The fourth-order valence-electron chi connectivity index (χ4n) is 2.89. The van der Waals surface area contributed by atoms with Gasteiger partial charge in [0.25, 0.3) is 0 Å². The van der Waals surface area contributed by atoms with E-state index < -0.39 is 0 Å². The molecule has 1 N–H and O–H groups in total. The van der Waals surface area contributed by atoms with Crippen molar-refractivity contribution in [2.45, 2.75) is 0 Å². The monoisotopic (exact) mass is 266 g/mol. The van der Waals surface area contributed by atoms with Crippen molar-refractivity contribution >= 4 is 39.5 Å². The van der Waals surface area contributed by atoms with Crippen molar-refractivity contribution in [3.8, 4) is 0 Å². The van der Waals surface area contributed by atoms with Gasteiger partial charge in [-0.2, -0.15) is 0 Å². The molecule has 3 heterocycles. The zero-order chi connectivity index (χ0) is 10.6. The molecule has 90 valence electrons. The number of thiophene rings is 1. The van der Waals surface area contributed by atoms with Crippen molar-refractivity contribution in [3.63, 3.8) is 0 Å². The zero-order valence-corrected chi connectivity index (χ0v) is 11.1. The smallest absolute Gasteiger partial charge is 0.0454 e. The topological polar surface area (TPSA) is 15.3 Å². The van der Waals surface area contributed by atoms with Gasteiger partial charge in [0, 0.05) is 47.4 Å². The van der Waals surface area contributed by atoms with Gasteiger partial charge in [0.2, 0.25) is 0 Å². The molecule has 1 spiro atoms. The Morgan fingerprint density at radius 2 is 2.00 bits per heavy atom. The van der Waals surface area contributed by atoms with E-state index in [0.717, 1.165) is 0 Å². The van der Waals surface area contributed by atoms with Crippen LogP contribution >= 0.6 is 23.7 Å². The molecule has 0 radical (unpaired) electrons. The van der Waals surface area contributed by atoms with E-state index >= 15 is 0 Å². The van der Waals surface area contributed by atoms with Gasteiger partial charge >= 0.3 is 0 Å². The third kappa shape index (κ3) is 1.57. The van der Waals surface area contributed by atoms with Crippen LogP contribution in [0.5, 0.6) is 0 Å². The van der Waals surface area contributed by atoms with Gasteiger partial charge in [-0.1, -0.05) is 6.07 Å². The summed E-state index contributed by atoms with van der Waals surface area (Å²) in [4.78, 5) is 2.52. The number of rotatable bonds is 1. The summed E-state index contributed by atoms with van der Waals surface area (Å²) in [5, 5.41) is 7.00. The van der Waals surface area contributed by atoms with Crippen molar-refractivity contribution in [1.82, 2.24) is 5.32 Å². The fraction of sp³-hybridized carbons (Fsp3) is 0.385. The van der Waals surface area contributed by atoms with Crippen LogP contribution in [0.4, 0.5) is 5.69 Å². The lowest BCUT2D eigenvalue weighted by Gasteiger charge is -2.57. The number of hydrogen-bond donors (Lipinski definition) is 1. The van der Waals surface area contributed by atoms with E-state index in [0.29, 0.717) is 5.41 Å². The van der Waals surface area contributed by atoms with Crippen LogP contribution in [0.1, 0.15) is 0 Å². The van der Waals surface area contributed by atoms with Crippen LogP contribution in [0, 0.1) is 5.41 Å². The lowest BCUT2D eigenvalue weighted by molar-refractivity contribution is 0.121. The maximum Gasteiger partial charge on any atom is 0.0454 e. The lowest BCUT2D eigenvalue weighted by atomic mass is 9.74. The van der Waals surface area contributed by atoms with Gasteiger partial charge in [0.05, 0.1) is 0 Å². The molecule has 1 aromatic carbocycles. The van der Waals surface area contributed by atoms with Crippen LogP contribution in [0.15, 0.2) is 29.6 Å². The van der Waals surface area contributed by atoms with E-state index in [1.807, 2.05) is 11.3 Å².